The van der Waals surface area contributed by atoms with Crippen LogP contribution in [0.4, 0.5) is 17.1 Å². The van der Waals surface area contributed by atoms with Crippen molar-refractivity contribution in [2.75, 3.05) is 27.1 Å². The Morgan fingerprint density at radius 1 is 0.938 bits per heavy atom. The van der Waals surface area contributed by atoms with E-state index in [-0.39, 0.29) is 4.90 Å². The Morgan fingerprint density at radius 3 is 2.22 bits per heavy atom. The number of para-hydroxylation sites is 1. The maximum Gasteiger partial charge on any atom is 0.261 e. The Balaban J connectivity index is 1.72. The molecule has 3 rings (SSSR count). The highest BCUT2D eigenvalue weighted by molar-refractivity contribution is 7.92. The van der Waals surface area contributed by atoms with Crippen molar-refractivity contribution in [1.29, 1.82) is 0 Å². The number of aromatic nitrogens is 1. The Labute approximate surface area is 187 Å². The summed E-state index contributed by atoms with van der Waals surface area (Å²) < 4.78 is 52.9. The Hall–Kier alpha value is -3.44. The minimum absolute atomic E-state index is 0.00275. The minimum atomic E-state index is -3.83. The van der Waals surface area contributed by atoms with Crippen LogP contribution in [0.15, 0.2) is 78.0 Å². The first-order chi connectivity index (χ1) is 15.1. The third kappa shape index (κ3) is 5.83. The SMILES string of the molecule is Cc1ccccc1N(CC(=O)Nc1ccc(S(=O)(=O)Nc2cccnc2)cc1)S(C)(=O)=O. The Bertz CT molecular complexity index is 1310. The fourth-order valence-electron chi connectivity index (χ4n) is 2.91. The monoisotopic (exact) mass is 474 g/mol. The predicted molar refractivity (Wildman–Crippen MR) is 123 cm³/mol. The Kier molecular flexibility index (Phi) is 6.80. The number of benzene rings is 2. The second kappa shape index (κ2) is 9.37. The van der Waals surface area contributed by atoms with Gasteiger partial charge in [-0.3, -0.25) is 18.8 Å². The van der Waals surface area contributed by atoms with Crippen molar-refractivity contribution >= 4 is 43.0 Å². The lowest BCUT2D eigenvalue weighted by Crippen LogP contribution is -2.37. The summed E-state index contributed by atoms with van der Waals surface area (Å²) >= 11 is 0. The van der Waals surface area contributed by atoms with Gasteiger partial charge in [0.05, 0.1) is 28.7 Å². The van der Waals surface area contributed by atoms with Gasteiger partial charge in [-0.15, -0.1) is 0 Å². The van der Waals surface area contributed by atoms with Gasteiger partial charge in [0.2, 0.25) is 15.9 Å². The molecular formula is C21H22N4O5S2. The normalized spacial score (nSPS) is 11.6. The van der Waals surface area contributed by atoms with Crippen LogP contribution in [0.2, 0.25) is 0 Å². The quantitative estimate of drug-likeness (QED) is 0.517. The predicted octanol–water partition coefficient (Wildman–Crippen LogP) is 2.60. The number of hydrogen-bond acceptors (Lipinski definition) is 6. The zero-order valence-electron chi connectivity index (χ0n) is 17.4. The summed E-state index contributed by atoms with van der Waals surface area (Å²) in [5.74, 6) is -0.567. The first-order valence-corrected chi connectivity index (χ1v) is 12.8. The summed E-state index contributed by atoms with van der Waals surface area (Å²) in [5, 5.41) is 2.59. The molecule has 0 unspecified atom stereocenters. The van der Waals surface area contributed by atoms with E-state index in [0.29, 0.717) is 22.6 Å². The van der Waals surface area contributed by atoms with Crippen molar-refractivity contribution in [1.82, 2.24) is 4.98 Å². The van der Waals surface area contributed by atoms with E-state index in [2.05, 4.69) is 15.0 Å². The lowest BCUT2D eigenvalue weighted by Gasteiger charge is -2.23. The first-order valence-electron chi connectivity index (χ1n) is 9.42. The largest absolute Gasteiger partial charge is 0.325 e. The van der Waals surface area contributed by atoms with Gasteiger partial charge in [0, 0.05) is 11.9 Å². The number of nitrogens with zero attached hydrogens (tertiary/aromatic N) is 2. The molecule has 0 atom stereocenters. The van der Waals surface area contributed by atoms with E-state index in [9.17, 15) is 21.6 Å². The average molecular weight is 475 g/mol. The number of aryl methyl sites for hydroxylation is 1. The number of sulfonamides is 2. The van der Waals surface area contributed by atoms with Gasteiger partial charge >= 0.3 is 0 Å². The molecule has 0 bridgehead atoms. The lowest BCUT2D eigenvalue weighted by molar-refractivity contribution is -0.114. The third-order valence-electron chi connectivity index (χ3n) is 4.43. The summed E-state index contributed by atoms with van der Waals surface area (Å²) in [6.07, 6.45) is 3.94. The van der Waals surface area contributed by atoms with Gasteiger partial charge in [-0.2, -0.15) is 0 Å². The van der Waals surface area contributed by atoms with Crippen molar-refractivity contribution in [2.45, 2.75) is 11.8 Å². The molecule has 0 aliphatic rings. The van der Waals surface area contributed by atoms with Crippen LogP contribution >= 0.6 is 0 Å². The van der Waals surface area contributed by atoms with Crippen LogP contribution in [0.1, 0.15) is 5.56 Å². The van der Waals surface area contributed by atoms with Gasteiger partial charge in [-0.1, -0.05) is 18.2 Å². The minimum Gasteiger partial charge on any atom is -0.325 e. The topological polar surface area (TPSA) is 126 Å². The molecule has 1 aromatic heterocycles. The van der Waals surface area contributed by atoms with E-state index in [1.807, 2.05) is 0 Å². The van der Waals surface area contributed by atoms with Crippen LogP contribution in [-0.2, 0) is 24.8 Å². The summed E-state index contributed by atoms with van der Waals surface area (Å²) in [7, 11) is -7.53. The van der Waals surface area contributed by atoms with E-state index in [1.165, 1.54) is 36.7 Å². The molecule has 1 heterocycles. The Morgan fingerprint density at radius 2 is 1.62 bits per heavy atom. The van der Waals surface area contributed by atoms with Gasteiger partial charge in [0.1, 0.15) is 6.54 Å². The molecule has 1 amide bonds. The van der Waals surface area contributed by atoms with Crippen LogP contribution in [0, 0.1) is 6.92 Å². The molecule has 0 fully saturated rings. The second-order valence-electron chi connectivity index (χ2n) is 6.98. The van der Waals surface area contributed by atoms with E-state index >= 15 is 0 Å². The maximum atomic E-state index is 12.5. The molecule has 0 spiro atoms. The molecule has 9 nitrogen and oxygen atoms in total. The molecule has 11 heteroatoms. The number of anilines is 3. The maximum absolute atomic E-state index is 12.5. The van der Waals surface area contributed by atoms with E-state index in [1.54, 1.807) is 43.3 Å². The van der Waals surface area contributed by atoms with Crippen LogP contribution in [-0.4, -0.2) is 40.5 Å². The summed E-state index contributed by atoms with van der Waals surface area (Å²) in [4.78, 5) is 16.4. The molecule has 0 radical (unpaired) electrons. The van der Waals surface area contributed by atoms with E-state index in [4.69, 9.17) is 0 Å². The van der Waals surface area contributed by atoms with Gasteiger partial charge < -0.3 is 5.32 Å². The average Bonchev–Trinajstić information content (AvgIpc) is 2.73. The van der Waals surface area contributed by atoms with Gasteiger partial charge in [0.25, 0.3) is 10.0 Å². The molecule has 0 aliphatic heterocycles. The first kappa shape index (κ1) is 23.2. The van der Waals surface area contributed by atoms with Crippen molar-refractivity contribution < 1.29 is 21.6 Å². The van der Waals surface area contributed by atoms with Crippen LogP contribution < -0.4 is 14.3 Å². The van der Waals surface area contributed by atoms with Gasteiger partial charge in [-0.25, -0.2) is 16.8 Å². The van der Waals surface area contributed by atoms with Crippen molar-refractivity contribution in [2.24, 2.45) is 0 Å². The molecular weight excluding hydrogens is 452 g/mol. The highest BCUT2D eigenvalue weighted by atomic mass is 32.2. The third-order valence-corrected chi connectivity index (χ3v) is 6.96. The fourth-order valence-corrected chi connectivity index (χ4v) is 4.87. The molecule has 32 heavy (non-hydrogen) atoms. The van der Waals surface area contributed by atoms with Crippen molar-refractivity contribution in [3.63, 3.8) is 0 Å². The molecule has 2 N–H and O–H groups in total. The smallest absolute Gasteiger partial charge is 0.261 e. The molecule has 3 aromatic rings. The number of nitrogens with one attached hydrogen (secondary N) is 2. The van der Waals surface area contributed by atoms with E-state index < -0.39 is 32.5 Å². The molecule has 168 valence electrons. The molecule has 2 aromatic carbocycles. The van der Waals surface area contributed by atoms with Crippen molar-refractivity contribution in [3.8, 4) is 0 Å². The number of amides is 1. The zero-order chi connectivity index (χ0) is 23.4. The number of carbonyl (C=O) groups is 1. The number of rotatable bonds is 8. The highest BCUT2D eigenvalue weighted by Gasteiger charge is 2.22. The molecule has 0 saturated heterocycles. The standard InChI is InChI=1S/C21H22N4O5S2/c1-16-6-3-4-8-20(16)25(31(2,27)28)15-21(26)23-17-9-11-19(12-10-17)32(29,30)24-18-7-5-13-22-14-18/h3-14,24H,15H2,1-2H3,(H,23,26). The van der Waals surface area contributed by atoms with Gasteiger partial charge in [0.15, 0.2) is 0 Å². The number of hydrogen-bond donors (Lipinski definition) is 2. The second-order valence-corrected chi connectivity index (χ2v) is 10.6. The van der Waals surface area contributed by atoms with E-state index in [0.717, 1.165) is 10.6 Å². The lowest BCUT2D eigenvalue weighted by atomic mass is 10.2. The molecule has 0 aliphatic carbocycles. The number of pyridine rings is 1. The zero-order valence-corrected chi connectivity index (χ0v) is 19.0. The van der Waals surface area contributed by atoms with Gasteiger partial charge in [-0.05, 0) is 55.0 Å². The summed E-state index contributed by atoms with van der Waals surface area (Å²) in [6, 6.07) is 15.5. The highest BCUT2D eigenvalue weighted by Crippen LogP contribution is 2.22. The fraction of sp³-hybridized carbons (Fsp3) is 0.143. The van der Waals surface area contributed by atoms with Crippen molar-refractivity contribution in [3.05, 3.63) is 78.6 Å². The van der Waals surface area contributed by atoms with Crippen LogP contribution in [0.3, 0.4) is 0 Å². The van der Waals surface area contributed by atoms with Crippen LogP contribution in [0.5, 0.6) is 0 Å². The number of carbonyl (C=O) groups excluding carboxylic acids is 1. The molecule has 0 saturated carbocycles. The summed E-state index contributed by atoms with van der Waals surface area (Å²) in [6.45, 7) is 1.33. The van der Waals surface area contributed by atoms with Crippen LogP contribution in [0.25, 0.3) is 0 Å². The summed E-state index contributed by atoms with van der Waals surface area (Å²) in [5.41, 5.74) is 1.77.